The summed E-state index contributed by atoms with van der Waals surface area (Å²) in [6.45, 7) is 1.18. The van der Waals surface area contributed by atoms with Crippen LogP contribution < -0.4 is 10.6 Å². The lowest BCUT2D eigenvalue weighted by Crippen LogP contribution is -2.35. The fourth-order valence-corrected chi connectivity index (χ4v) is 2.23. The highest BCUT2D eigenvalue weighted by Gasteiger charge is 2.14. The van der Waals surface area contributed by atoms with E-state index >= 15 is 0 Å². The zero-order chi connectivity index (χ0) is 18.9. The number of hydrogen-bond acceptors (Lipinski definition) is 5. The summed E-state index contributed by atoms with van der Waals surface area (Å²) in [4.78, 5) is 35.4. The highest BCUT2D eigenvalue weighted by atomic mass is 16.5. The Kier molecular flexibility index (Phi) is 6.73. The number of esters is 1. The molecule has 7 heteroatoms. The van der Waals surface area contributed by atoms with E-state index in [1.807, 2.05) is 25.1 Å². The lowest BCUT2D eigenvalue weighted by molar-refractivity contribution is -0.126. The van der Waals surface area contributed by atoms with Crippen molar-refractivity contribution in [3.05, 3.63) is 59.7 Å². The Morgan fingerprint density at radius 1 is 1.00 bits per heavy atom. The molecule has 0 aliphatic rings. The molecule has 2 aromatic carbocycles. The van der Waals surface area contributed by atoms with Crippen LogP contribution in [0.3, 0.4) is 0 Å². The Bertz CT molecular complexity index is 804. The van der Waals surface area contributed by atoms with Crippen molar-refractivity contribution >= 4 is 23.5 Å². The van der Waals surface area contributed by atoms with Crippen molar-refractivity contribution in [2.24, 2.45) is 0 Å². The number of para-hydroxylation sites is 2. The van der Waals surface area contributed by atoms with Gasteiger partial charge < -0.3 is 20.5 Å². The van der Waals surface area contributed by atoms with Gasteiger partial charge in [0.05, 0.1) is 6.54 Å². The molecule has 136 valence electrons. The van der Waals surface area contributed by atoms with E-state index < -0.39 is 18.5 Å². The zero-order valence-electron chi connectivity index (χ0n) is 14.3. The first-order chi connectivity index (χ1) is 12.5. The van der Waals surface area contributed by atoms with E-state index in [0.29, 0.717) is 5.69 Å². The molecule has 0 aromatic heterocycles. The molecule has 0 heterocycles. The van der Waals surface area contributed by atoms with Gasteiger partial charge in [0.1, 0.15) is 11.3 Å². The molecule has 0 saturated carbocycles. The summed E-state index contributed by atoms with van der Waals surface area (Å²) in [7, 11) is 0. The molecule has 2 aromatic rings. The maximum atomic E-state index is 11.9. The van der Waals surface area contributed by atoms with Gasteiger partial charge in [0.25, 0.3) is 5.91 Å². The topological polar surface area (TPSA) is 105 Å². The van der Waals surface area contributed by atoms with Crippen LogP contribution in [-0.2, 0) is 20.7 Å². The first-order valence-electron chi connectivity index (χ1n) is 8.10. The number of phenolic OH excluding ortho intramolecular Hbond substituents is 1. The predicted octanol–water partition coefficient (Wildman–Crippen LogP) is 1.87. The summed E-state index contributed by atoms with van der Waals surface area (Å²) in [5.41, 5.74) is 1.65. The Balaban J connectivity index is 1.77. The SMILES string of the molecule is CCc1ccccc1NC(=O)CNC(=O)COC(=O)c1ccccc1O. The smallest absolute Gasteiger partial charge is 0.342 e. The van der Waals surface area contributed by atoms with Gasteiger partial charge in [-0.2, -0.15) is 0 Å². The number of amides is 2. The number of ether oxygens (including phenoxy) is 1. The fourth-order valence-electron chi connectivity index (χ4n) is 2.23. The van der Waals surface area contributed by atoms with Crippen molar-refractivity contribution in [2.75, 3.05) is 18.5 Å². The Labute approximate surface area is 151 Å². The summed E-state index contributed by atoms with van der Waals surface area (Å²) in [6.07, 6.45) is 0.769. The van der Waals surface area contributed by atoms with Crippen LogP contribution in [0.25, 0.3) is 0 Å². The van der Waals surface area contributed by atoms with Crippen LogP contribution in [0.4, 0.5) is 5.69 Å². The largest absolute Gasteiger partial charge is 0.507 e. The molecule has 0 fully saturated rings. The first kappa shape index (κ1) is 19.0. The van der Waals surface area contributed by atoms with E-state index in [0.717, 1.165) is 12.0 Å². The summed E-state index contributed by atoms with van der Waals surface area (Å²) < 4.78 is 4.82. The standard InChI is InChI=1S/C19H20N2O5/c1-2-13-7-3-5-9-15(13)21-17(23)11-20-18(24)12-26-19(25)14-8-4-6-10-16(14)22/h3-10,22H,2,11-12H2,1H3,(H,20,24)(H,21,23). The molecule has 0 aliphatic carbocycles. The van der Waals surface area contributed by atoms with Crippen LogP contribution >= 0.6 is 0 Å². The quantitative estimate of drug-likeness (QED) is 0.657. The van der Waals surface area contributed by atoms with Gasteiger partial charge in [0.15, 0.2) is 6.61 Å². The van der Waals surface area contributed by atoms with Crippen LogP contribution in [0.5, 0.6) is 5.75 Å². The summed E-state index contributed by atoms with van der Waals surface area (Å²) in [6, 6.07) is 13.2. The number of carbonyl (C=O) groups is 3. The van der Waals surface area contributed by atoms with Crippen molar-refractivity contribution in [1.29, 1.82) is 0 Å². The number of benzene rings is 2. The van der Waals surface area contributed by atoms with E-state index in [9.17, 15) is 19.5 Å². The van der Waals surface area contributed by atoms with Crippen LogP contribution in [0, 0.1) is 0 Å². The van der Waals surface area contributed by atoms with Gasteiger partial charge >= 0.3 is 5.97 Å². The number of anilines is 1. The Morgan fingerprint density at radius 2 is 1.69 bits per heavy atom. The lowest BCUT2D eigenvalue weighted by Gasteiger charge is -2.10. The predicted molar refractivity (Wildman–Crippen MR) is 95.8 cm³/mol. The molecule has 2 amide bonds. The average molecular weight is 356 g/mol. The van der Waals surface area contributed by atoms with Crippen molar-refractivity contribution < 1.29 is 24.2 Å². The minimum Gasteiger partial charge on any atom is -0.507 e. The summed E-state index contributed by atoms with van der Waals surface area (Å²) in [5, 5.41) is 14.6. The molecule has 0 spiro atoms. The second-order valence-electron chi connectivity index (χ2n) is 5.43. The molecule has 0 radical (unpaired) electrons. The molecular formula is C19H20N2O5. The van der Waals surface area contributed by atoms with Gasteiger partial charge in [0.2, 0.25) is 5.91 Å². The molecule has 0 unspecified atom stereocenters. The van der Waals surface area contributed by atoms with E-state index in [1.165, 1.54) is 12.1 Å². The van der Waals surface area contributed by atoms with Gasteiger partial charge in [-0.15, -0.1) is 0 Å². The number of nitrogens with one attached hydrogen (secondary N) is 2. The molecule has 0 saturated heterocycles. The van der Waals surface area contributed by atoms with Crippen molar-refractivity contribution in [2.45, 2.75) is 13.3 Å². The number of aromatic hydroxyl groups is 1. The van der Waals surface area contributed by atoms with E-state index in [-0.39, 0.29) is 23.8 Å². The van der Waals surface area contributed by atoms with Crippen LogP contribution in [0.15, 0.2) is 48.5 Å². The molecule has 0 atom stereocenters. The Hall–Kier alpha value is -3.35. The first-order valence-corrected chi connectivity index (χ1v) is 8.10. The molecule has 3 N–H and O–H groups in total. The minimum absolute atomic E-state index is 0.0331. The summed E-state index contributed by atoms with van der Waals surface area (Å²) in [5.74, 6) is -2.05. The molecular weight excluding hydrogens is 336 g/mol. The third kappa shape index (κ3) is 5.34. The van der Waals surface area contributed by atoms with E-state index in [2.05, 4.69) is 10.6 Å². The number of hydrogen-bond donors (Lipinski definition) is 3. The maximum Gasteiger partial charge on any atom is 0.342 e. The van der Waals surface area contributed by atoms with Gasteiger partial charge in [-0.25, -0.2) is 4.79 Å². The van der Waals surface area contributed by atoms with Crippen LogP contribution in [0.2, 0.25) is 0 Å². The zero-order valence-corrected chi connectivity index (χ0v) is 14.3. The van der Waals surface area contributed by atoms with E-state index in [4.69, 9.17) is 4.74 Å². The highest BCUT2D eigenvalue weighted by Crippen LogP contribution is 2.16. The fraction of sp³-hybridized carbons (Fsp3) is 0.211. The van der Waals surface area contributed by atoms with Crippen LogP contribution in [0.1, 0.15) is 22.8 Å². The number of carbonyl (C=O) groups excluding carboxylic acids is 3. The monoisotopic (exact) mass is 356 g/mol. The molecule has 26 heavy (non-hydrogen) atoms. The van der Waals surface area contributed by atoms with Crippen LogP contribution in [-0.4, -0.2) is 36.0 Å². The lowest BCUT2D eigenvalue weighted by atomic mass is 10.1. The molecule has 0 aliphatic heterocycles. The van der Waals surface area contributed by atoms with Gasteiger partial charge in [-0.3, -0.25) is 9.59 Å². The second kappa shape index (κ2) is 9.22. The molecule has 0 bridgehead atoms. The third-order valence-corrected chi connectivity index (χ3v) is 3.58. The highest BCUT2D eigenvalue weighted by molar-refractivity contribution is 5.96. The van der Waals surface area contributed by atoms with Crippen molar-refractivity contribution in [3.63, 3.8) is 0 Å². The number of phenols is 1. The normalized spacial score (nSPS) is 10.0. The van der Waals surface area contributed by atoms with Crippen molar-refractivity contribution in [3.8, 4) is 5.75 Å². The second-order valence-corrected chi connectivity index (χ2v) is 5.43. The molecule has 7 nitrogen and oxygen atoms in total. The Morgan fingerprint density at radius 3 is 2.42 bits per heavy atom. The van der Waals surface area contributed by atoms with E-state index in [1.54, 1.807) is 18.2 Å². The van der Waals surface area contributed by atoms with Crippen molar-refractivity contribution in [1.82, 2.24) is 5.32 Å². The third-order valence-electron chi connectivity index (χ3n) is 3.58. The summed E-state index contributed by atoms with van der Waals surface area (Å²) >= 11 is 0. The molecule has 2 rings (SSSR count). The minimum atomic E-state index is -0.820. The number of aryl methyl sites for hydroxylation is 1. The van der Waals surface area contributed by atoms with Gasteiger partial charge in [0, 0.05) is 5.69 Å². The van der Waals surface area contributed by atoms with Gasteiger partial charge in [-0.1, -0.05) is 37.3 Å². The van der Waals surface area contributed by atoms with Gasteiger partial charge in [-0.05, 0) is 30.2 Å². The average Bonchev–Trinajstić information content (AvgIpc) is 2.65. The number of rotatable bonds is 7. The maximum absolute atomic E-state index is 11.9.